The molecule has 0 heterocycles. The van der Waals surface area contributed by atoms with Crippen molar-refractivity contribution >= 4 is 12.1 Å². The van der Waals surface area contributed by atoms with E-state index in [0.717, 1.165) is 44.4 Å². The molecule has 3 N–H and O–H groups in total. The molecule has 0 amide bonds. The highest BCUT2D eigenvalue weighted by Gasteiger charge is 2.02. The first-order valence-electron chi connectivity index (χ1n) is 5.67. The minimum atomic E-state index is 0.507. The van der Waals surface area contributed by atoms with Crippen molar-refractivity contribution in [1.82, 2.24) is 10.6 Å². The Kier molecular flexibility index (Phi) is 9.32. The van der Waals surface area contributed by atoms with E-state index in [9.17, 15) is 0 Å². The van der Waals surface area contributed by atoms with Crippen LogP contribution in [-0.4, -0.2) is 38.2 Å². The SMILES string of the molecule is CCCNC/C(CC[C@@H](C)NC)=N/C=N. The normalized spacial score (nSPS) is 13.9. The molecule has 0 aliphatic rings. The Morgan fingerprint density at radius 3 is 2.80 bits per heavy atom. The smallest absolute Gasteiger partial charge is 0.106 e. The molecule has 0 fully saturated rings. The zero-order valence-electron chi connectivity index (χ0n) is 10.1. The molecular formula is C11H24N4. The number of aliphatic imine (C=N–C) groups is 1. The summed E-state index contributed by atoms with van der Waals surface area (Å²) in [5.74, 6) is 0. The fourth-order valence-electron chi connectivity index (χ4n) is 1.23. The van der Waals surface area contributed by atoms with Crippen molar-refractivity contribution in [2.24, 2.45) is 4.99 Å². The zero-order valence-corrected chi connectivity index (χ0v) is 10.1. The van der Waals surface area contributed by atoms with Crippen LogP contribution in [0.1, 0.15) is 33.1 Å². The van der Waals surface area contributed by atoms with Crippen molar-refractivity contribution in [3.8, 4) is 0 Å². The lowest BCUT2D eigenvalue weighted by atomic mass is 10.1. The van der Waals surface area contributed by atoms with Gasteiger partial charge in [-0.3, -0.25) is 5.41 Å². The average molecular weight is 212 g/mol. The molecule has 0 saturated carbocycles. The van der Waals surface area contributed by atoms with Gasteiger partial charge in [-0.1, -0.05) is 6.92 Å². The first-order valence-corrected chi connectivity index (χ1v) is 5.67. The first-order chi connectivity index (χ1) is 7.24. The van der Waals surface area contributed by atoms with Gasteiger partial charge in [0.2, 0.25) is 0 Å². The Labute approximate surface area is 93.1 Å². The maximum absolute atomic E-state index is 6.99. The summed E-state index contributed by atoms with van der Waals surface area (Å²) in [6.45, 7) is 6.11. The molecule has 0 aromatic heterocycles. The lowest BCUT2D eigenvalue weighted by Crippen LogP contribution is -2.27. The summed E-state index contributed by atoms with van der Waals surface area (Å²) in [5, 5.41) is 13.5. The van der Waals surface area contributed by atoms with Crippen LogP contribution < -0.4 is 10.6 Å². The van der Waals surface area contributed by atoms with Crippen LogP contribution in [0.2, 0.25) is 0 Å². The van der Waals surface area contributed by atoms with Gasteiger partial charge in [-0.25, -0.2) is 4.99 Å². The van der Waals surface area contributed by atoms with Crippen LogP contribution in [0.4, 0.5) is 0 Å². The summed E-state index contributed by atoms with van der Waals surface area (Å²) in [6, 6.07) is 0.507. The molecule has 0 unspecified atom stereocenters. The van der Waals surface area contributed by atoms with E-state index in [2.05, 4.69) is 29.5 Å². The molecule has 0 aliphatic carbocycles. The Hall–Kier alpha value is -0.740. The van der Waals surface area contributed by atoms with Gasteiger partial charge in [-0.2, -0.15) is 0 Å². The van der Waals surface area contributed by atoms with Gasteiger partial charge in [0, 0.05) is 18.3 Å². The van der Waals surface area contributed by atoms with Gasteiger partial charge in [0.1, 0.15) is 6.34 Å². The fraction of sp³-hybridized carbons (Fsp3) is 0.818. The third-order valence-corrected chi connectivity index (χ3v) is 2.36. The van der Waals surface area contributed by atoms with E-state index >= 15 is 0 Å². The summed E-state index contributed by atoms with van der Waals surface area (Å²) in [6.07, 6.45) is 4.28. The lowest BCUT2D eigenvalue weighted by Gasteiger charge is -2.11. The standard InChI is InChI=1S/C11H24N4/c1-4-7-14-8-11(15-9-12)6-5-10(2)13-3/h9-10,12-14H,4-8H2,1-3H3/b12-9?,15-11+/t10-/m1/s1. The van der Waals surface area contributed by atoms with Crippen molar-refractivity contribution in [3.63, 3.8) is 0 Å². The quantitative estimate of drug-likeness (QED) is 0.307. The number of nitrogens with zero attached hydrogens (tertiary/aromatic N) is 1. The number of hydrogen-bond acceptors (Lipinski definition) is 3. The molecule has 4 nitrogen and oxygen atoms in total. The molecule has 4 heteroatoms. The third-order valence-electron chi connectivity index (χ3n) is 2.36. The van der Waals surface area contributed by atoms with E-state index in [1.165, 1.54) is 0 Å². The van der Waals surface area contributed by atoms with E-state index in [0.29, 0.717) is 6.04 Å². The van der Waals surface area contributed by atoms with Crippen LogP contribution in [0.15, 0.2) is 4.99 Å². The summed E-state index contributed by atoms with van der Waals surface area (Å²) in [5.41, 5.74) is 1.07. The van der Waals surface area contributed by atoms with Gasteiger partial charge in [0.25, 0.3) is 0 Å². The van der Waals surface area contributed by atoms with Crippen LogP contribution >= 0.6 is 0 Å². The number of nitrogens with one attached hydrogen (secondary N) is 3. The molecule has 0 aromatic rings. The van der Waals surface area contributed by atoms with Crippen LogP contribution in [0.3, 0.4) is 0 Å². The Bertz CT molecular complexity index is 189. The first kappa shape index (κ1) is 14.3. The summed E-state index contributed by atoms with van der Waals surface area (Å²) >= 11 is 0. The molecule has 0 radical (unpaired) electrons. The Morgan fingerprint density at radius 2 is 2.27 bits per heavy atom. The topological polar surface area (TPSA) is 60.3 Å². The second kappa shape index (κ2) is 9.80. The maximum atomic E-state index is 6.99. The third kappa shape index (κ3) is 8.27. The molecule has 0 spiro atoms. The van der Waals surface area contributed by atoms with Gasteiger partial charge in [-0.15, -0.1) is 0 Å². The van der Waals surface area contributed by atoms with Crippen LogP contribution in [0, 0.1) is 5.41 Å². The number of hydrogen-bond donors (Lipinski definition) is 3. The number of rotatable bonds is 9. The van der Waals surface area contributed by atoms with Crippen LogP contribution in [-0.2, 0) is 0 Å². The van der Waals surface area contributed by atoms with E-state index in [4.69, 9.17) is 5.41 Å². The van der Waals surface area contributed by atoms with Gasteiger partial charge in [0.15, 0.2) is 0 Å². The highest BCUT2D eigenvalue weighted by Crippen LogP contribution is 1.98. The minimum absolute atomic E-state index is 0.507. The van der Waals surface area contributed by atoms with Crippen LogP contribution in [0.25, 0.3) is 0 Å². The monoisotopic (exact) mass is 212 g/mol. The second-order valence-electron chi connectivity index (χ2n) is 3.73. The minimum Gasteiger partial charge on any atom is -0.317 e. The molecule has 0 aromatic carbocycles. The van der Waals surface area contributed by atoms with E-state index < -0.39 is 0 Å². The Balaban J connectivity index is 3.83. The molecule has 88 valence electrons. The predicted octanol–water partition coefficient (Wildman–Crippen LogP) is 1.42. The van der Waals surface area contributed by atoms with E-state index in [1.54, 1.807) is 0 Å². The molecule has 0 aliphatic heterocycles. The summed E-state index contributed by atoms with van der Waals surface area (Å²) < 4.78 is 0. The second-order valence-corrected chi connectivity index (χ2v) is 3.73. The largest absolute Gasteiger partial charge is 0.317 e. The highest BCUT2D eigenvalue weighted by atomic mass is 14.9. The molecule has 0 saturated heterocycles. The van der Waals surface area contributed by atoms with Gasteiger partial charge < -0.3 is 10.6 Å². The van der Waals surface area contributed by atoms with Crippen molar-refractivity contribution in [3.05, 3.63) is 0 Å². The van der Waals surface area contributed by atoms with Gasteiger partial charge in [0.05, 0.1) is 0 Å². The average Bonchev–Trinajstić information content (AvgIpc) is 2.25. The summed E-state index contributed by atoms with van der Waals surface area (Å²) in [4.78, 5) is 4.07. The molecule has 1 atom stereocenters. The maximum Gasteiger partial charge on any atom is 0.106 e. The summed E-state index contributed by atoms with van der Waals surface area (Å²) in [7, 11) is 1.97. The van der Waals surface area contributed by atoms with Crippen LogP contribution in [0.5, 0.6) is 0 Å². The van der Waals surface area contributed by atoms with Crippen molar-refractivity contribution in [1.29, 1.82) is 5.41 Å². The predicted molar refractivity (Wildman–Crippen MR) is 67.1 cm³/mol. The molecular weight excluding hydrogens is 188 g/mol. The molecule has 15 heavy (non-hydrogen) atoms. The molecule has 0 bridgehead atoms. The lowest BCUT2D eigenvalue weighted by molar-refractivity contribution is 0.574. The van der Waals surface area contributed by atoms with Crippen molar-refractivity contribution in [2.75, 3.05) is 20.1 Å². The van der Waals surface area contributed by atoms with E-state index in [-0.39, 0.29) is 0 Å². The van der Waals surface area contributed by atoms with E-state index in [1.807, 2.05) is 7.05 Å². The van der Waals surface area contributed by atoms with Gasteiger partial charge >= 0.3 is 0 Å². The highest BCUT2D eigenvalue weighted by molar-refractivity contribution is 5.91. The Morgan fingerprint density at radius 1 is 1.53 bits per heavy atom. The van der Waals surface area contributed by atoms with Crippen molar-refractivity contribution < 1.29 is 0 Å². The molecule has 0 rings (SSSR count). The van der Waals surface area contributed by atoms with Crippen molar-refractivity contribution in [2.45, 2.75) is 39.2 Å². The van der Waals surface area contributed by atoms with Gasteiger partial charge in [-0.05, 0) is 39.8 Å². The zero-order chi connectivity index (χ0) is 11.5. The fourth-order valence-corrected chi connectivity index (χ4v) is 1.23.